The third-order valence-corrected chi connectivity index (χ3v) is 2.30. The molecule has 6 N–H and O–H groups in total. The lowest BCUT2D eigenvalue weighted by Gasteiger charge is -2.07. The fourth-order valence-electron chi connectivity index (χ4n) is 0.985. The molecule has 1 aromatic carbocycles. The van der Waals surface area contributed by atoms with Gasteiger partial charge in [0, 0.05) is 11.4 Å². The molecule has 0 atom stereocenters. The molecule has 0 amide bonds. The molecule has 13 heavy (non-hydrogen) atoms. The highest BCUT2D eigenvalue weighted by atomic mass is 31.2. The number of hydrogen-bond acceptors (Lipinski definition) is 3. The highest BCUT2D eigenvalue weighted by molar-refractivity contribution is 7.50. The van der Waals surface area contributed by atoms with Gasteiger partial charge in [0.15, 0.2) is 0 Å². The van der Waals surface area contributed by atoms with E-state index in [-0.39, 0.29) is 6.16 Å². The fourth-order valence-corrected chi connectivity index (χ4v) is 1.70. The van der Waals surface area contributed by atoms with Crippen LogP contribution >= 0.6 is 7.60 Å². The third-order valence-electron chi connectivity index (χ3n) is 1.54. The largest absolute Gasteiger partial charge is 0.399 e. The van der Waals surface area contributed by atoms with Crippen LogP contribution in [0.1, 0.15) is 5.56 Å². The number of rotatable bonds is 2. The molecule has 0 unspecified atom stereocenters. The molecule has 5 nitrogen and oxygen atoms in total. The van der Waals surface area contributed by atoms with Gasteiger partial charge in [-0.3, -0.25) is 4.57 Å². The predicted octanol–water partition coefficient (Wildman–Crippen LogP) is 0.529. The van der Waals surface area contributed by atoms with E-state index < -0.39 is 7.60 Å². The molecule has 0 bridgehead atoms. The topological polar surface area (TPSA) is 110 Å². The number of anilines is 2. The zero-order valence-electron chi connectivity index (χ0n) is 6.84. The Morgan fingerprint density at radius 2 is 1.92 bits per heavy atom. The van der Waals surface area contributed by atoms with Crippen molar-refractivity contribution in [2.75, 3.05) is 11.5 Å². The molecule has 0 aliphatic rings. The second-order valence-electron chi connectivity index (χ2n) is 2.78. The minimum atomic E-state index is -4.07. The number of nitrogen functional groups attached to an aromatic ring is 2. The molecular formula is C7H11N2O3P. The molecule has 0 spiro atoms. The average molecular weight is 202 g/mol. The van der Waals surface area contributed by atoms with E-state index in [0.29, 0.717) is 16.9 Å². The second kappa shape index (κ2) is 3.38. The molecule has 1 rings (SSSR count). The maximum Gasteiger partial charge on any atom is 0.329 e. The van der Waals surface area contributed by atoms with E-state index in [4.69, 9.17) is 21.3 Å². The maximum absolute atomic E-state index is 10.7. The van der Waals surface area contributed by atoms with Crippen molar-refractivity contribution in [1.29, 1.82) is 0 Å². The van der Waals surface area contributed by atoms with Crippen LogP contribution in [0.15, 0.2) is 18.2 Å². The molecular weight excluding hydrogens is 191 g/mol. The SMILES string of the molecule is Nc1ccc(N)c(CP(=O)(O)O)c1. The average Bonchev–Trinajstić information content (AvgIpc) is 1.94. The van der Waals surface area contributed by atoms with Crippen LogP contribution in [-0.2, 0) is 10.7 Å². The van der Waals surface area contributed by atoms with E-state index in [9.17, 15) is 4.57 Å². The predicted molar refractivity (Wildman–Crippen MR) is 51.0 cm³/mol. The van der Waals surface area contributed by atoms with Gasteiger partial charge in [-0.15, -0.1) is 0 Å². The first-order chi connectivity index (χ1) is 5.88. The molecule has 0 saturated carbocycles. The minimum Gasteiger partial charge on any atom is -0.399 e. The molecule has 0 radical (unpaired) electrons. The van der Waals surface area contributed by atoms with Gasteiger partial charge < -0.3 is 21.3 Å². The zero-order valence-corrected chi connectivity index (χ0v) is 7.74. The van der Waals surface area contributed by atoms with Crippen molar-refractivity contribution in [3.63, 3.8) is 0 Å². The van der Waals surface area contributed by atoms with Gasteiger partial charge in [0.2, 0.25) is 0 Å². The molecule has 0 saturated heterocycles. The summed E-state index contributed by atoms with van der Waals surface area (Å²) in [5.74, 6) is 0. The van der Waals surface area contributed by atoms with Gasteiger partial charge in [-0.1, -0.05) is 0 Å². The number of benzene rings is 1. The van der Waals surface area contributed by atoms with E-state index in [1.54, 1.807) is 6.07 Å². The zero-order chi connectivity index (χ0) is 10.1. The van der Waals surface area contributed by atoms with E-state index in [1.807, 2.05) is 0 Å². The highest BCUT2D eigenvalue weighted by Crippen LogP contribution is 2.40. The van der Waals surface area contributed by atoms with Crippen LogP contribution in [0.5, 0.6) is 0 Å². The van der Waals surface area contributed by atoms with Gasteiger partial charge in [-0.2, -0.15) is 0 Å². The van der Waals surface area contributed by atoms with Crippen LogP contribution in [-0.4, -0.2) is 9.79 Å². The second-order valence-corrected chi connectivity index (χ2v) is 4.43. The summed E-state index contributed by atoms with van der Waals surface area (Å²) in [4.78, 5) is 17.4. The van der Waals surface area contributed by atoms with Gasteiger partial charge in [0.05, 0.1) is 6.16 Å². The summed E-state index contributed by atoms with van der Waals surface area (Å²) < 4.78 is 10.7. The lowest BCUT2D eigenvalue weighted by Crippen LogP contribution is -1.97. The summed E-state index contributed by atoms with van der Waals surface area (Å²) in [5.41, 5.74) is 12.1. The van der Waals surface area contributed by atoms with Crippen LogP contribution in [0.3, 0.4) is 0 Å². The Hall–Kier alpha value is -1.03. The van der Waals surface area contributed by atoms with Crippen molar-refractivity contribution in [2.45, 2.75) is 6.16 Å². The monoisotopic (exact) mass is 202 g/mol. The smallest absolute Gasteiger partial charge is 0.329 e. The third kappa shape index (κ3) is 3.06. The fraction of sp³-hybridized carbons (Fsp3) is 0.143. The Bertz CT molecular complexity index is 361. The Balaban J connectivity index is 3.01. The maximum atomic E-state index is 10.7. The van der Waals surface area contributed by atoms with Gasteiger partial charge in [-0.05, 0) is 23.8 Å². The quantitative estimate of drug-likeness (QED) is 0.413. The van der Waals surface area contributed by atoms with Crippen molar-refractivity contribution >= 4 is 19.0 Å². The van der Waals surface area contributed by atoms with E-state index in [2.05, 4.69) is 0 Å². The van der Waals surface area contributed by atoms with E-state index in [0.717, 1.165) is 0 Å². The Kier molecular flexibility index (Phi) is 2.61. The van der Waals surface area contributed by atoms with Gasteiger partial charge >= 0.3 is 7.60 Å². The van der Waals surface area contributed by atoms with Crippen LogP contribution < -0.4 is 11.5 Å². The van der Waals surface area contributed by atoms with Crippen molar-refractivity contribution in [3.05, 3.63) is 23.8 Å². The van der Waals surface area contributed by atoms with Crippen molar-refractivity contribution < 1.29 is 14.4 Å². The first-order valence-corrected chi connectivity index (χ1v) is 5.37. The highest BCUT2D eigenvalue weighted by Gasteiger charge is 2.15. The molecule has 1 aromatic rings. The van der Waals surface area contributed by atoms with Crippen LogP contribution in [0.25, 0.3) is 0 Å². The Morgan fingerprint density at radius 3 is 2.46 bits per heavy atom. The molecule has 0 aliphatic heterocycles. The molecule has 0 aromatic heterocycles. The Morgan fingerprint density at radius 1 is 1.31 bits per heavy atom. The molecule has 6 heteroatoms. The normalized spacial score (nSPS) is 11.5. The molecule has 0 fully saturated rings. The van der Waals surface area contributed by atoms with Crippen molar-refractivity contribution in [1.82, 2.24) is 0 Å². The lowest BCUT2D eigenvalue weighted by molar-refractivity contribution is 0.372. The summed E-state index contributed by atoms with van der Waals surface area (Å²) in [6, 6.07) is 4.58. The molecule has 72 valence electrons. The van der Waals surface area contributed by atoms with Crippen molar-refractivity contribution in [3.8, 4) is 0 Å². The van der Waals surface area contributed by atoms with E-state index >= 15 is 0 Å². The first kappa shape index (κ1) is 10.1. The van der Waals surface area contributed by atoms with Crippen LogP contribution in [0, 0.1) is 0 Å². The summed E-state index contributed by atoms with van der Waals surface area (Å²) >= 11 is 0. The first-order valence-electron chi connectivity index (χ1n) is 3.57. The van der Waals surface area contributed by atoms with Crippen LogP contribution in [0.2, 0.25) is 0 Å². The Labute approximate surface area is 75.5 Å². The van der Waals surface area contributed by atoms with Gasteiger partial charge in [0.25, 0.3) is 0 Å². The number of nitrogens with two attached hydrogens (primary N) is 2. The molecule has 0 heterocycles. The standard InChI is InChI=1S/C7H11N2O3P/c8-6-1-2-7(9)5(3-6)4-13(10,11)12/h1-3H,4,8-9H2,(H2,10,11,12). The van der Waals surface area contributed by atoms with E-state index in [1.165, 1.54) is 12.1 Å². The van der Waals surface area contributed by atoms with Crippen LogP contribution in [0.4, 0.5) is 11.4 Å². The summed E-state index contributed by atoms with van der Waals surface area (Å²) in [7, 11) is -4.07. The lowest BCUT2D eigenvalue weighted by atomic mass is 10.2. The van der Waals surface area contributed by atoms with Gasteiger partial charge in [0.1, 0.15) is 0 Å². The summed E-state index contributed by atoms with van der Waals surface area (Å²) in [5, 5.41) is 0. The molecule has 0 aliphatic carbocycles. The number of hydrogen-bond donors (Lipinski definition) is 4. The minimum absolute atomic E-state index is 0.345. The van der Waals surface area contributed by atoms with Crippen molar-refractivity contribution in [2.24, 2.45) is 0 Å². The summed E-state index contributed by atoms with van der Waals surface area (Å²) in [6.07, 6.45) is -0.371. The van der Waals surface area contributed by atoms with Gasteiger partial charge in [-0.25, -0.2) is 0 Å². The summed E-state index contributed by atoms with van der Waals surface area (Å²) in [6.45, 7) is 0.